The minimum absolute atomic E-state index is 0.0941. The standard InChI is InChI=1S/C17H21N3O2/c1-17(2,3)15-13(9-18-11-20-15)10-19-16(21)12-5-7-14(22-4)8-6-12/h5-9,11H,10H2,1-4H3,(H,19,21). The van der Waals surface area contributed by atoms with E-state index in [0.29, 0.717) is 12.1 Å². The van der Waals surface area contributed by atoms with Crippen LogP contribution in [0.2, 0.25) is 0 Å². The molecule has 2 aromatic rings. The lowest BCUT2D eigenvalue weighted by Crippen LogP contribution is -2.26. The van der Waals surface area contributed by atoms with E-state index in [4.69, 9.17) is 4.74 Å². The van der Waals surface area contributed by atoms with Gasteiger partial charge in [0, 0.05) is 29.3 Å². The fourth-order valence-electron chi connectivity index (χ4n) is 2.18. The Kier molecular flexibility index (Phi) is 4.75. The Hall–Kier alpha value is -2.43. The number of ether oxygens (including phenoxy) is 1. The summed E-state index contributed by atoms with van der Waals surface area (Å²) in [6.07, 6.45) is 3.29. The molecule has 0 aliphatic rings. The molecule has 1 amide bonds. The monoisotopic (exact) mass is 299 g/mol. The van der Waals surface area contributed by atoms with Gasteiger partial charge < -0.3 is 10.1 Å². The van der Waals surface area contributed by atoms with Crippen LogP contribution in [0.5, 0.6) is 5.75 Å². The van der Waals surface area contributed by atoms with Crippen molar-refractivity contribution in [1.29, 1.82) is 0 Å². The van der Waals surface area contributed by atoms with Crippen molar-refractivity contribution in [3.8, 4) is 5.75 Å². The van der Waals surface area contributed by atoms with Gasteiger partial charge in [-0.1, -0.05) is 20.8 Å². The lowest BCUT2D eigenvalue weighted by molar-refractivity contribution is 0.0950. The molecule has 2 rings (SSSR count). The predicted octanol–water partition coefficient (Wildman–Crippen LogP) is 2.71. The number of methoxy groups -OCH3 is 1. The summed E-state index contributed by atoms with van der Waals surface area (Å²) in [5, 5.41) is 2.91. The van der Waals surface area contributed by atoms with E-state index in [9.17, 15) is 4.79 Å². The number of carbonyl (C=O) groups excluding carboxylic acids is 1. The second kappa shape index (κ2) is 6.56. The van der Waals surface area contributed by atoms with Gasteiger partial charge in [0.05, 0.1) is 12.8 Å². The Balaban J connectivity index is 2.08. The number of nitrogens with zero attached hydrogens (tertiary/aromatic N) is 2. The van der Waals surface area contributed by atoms with Gasteiger partial charge in [0.25, 0.3) is 5.91 Å². The number of nitrogens with one attached hydrogen (secondary N) is 1. The summed E-state index contributed by atoms with van der Waals surface area (Å²) in [6, 6.07) is 7.00. The Morgan fingerprint density at radius 2 is 1.91 bits per heavy atom. The van der Waals surface area contributed by atoms with Crippen molar-refractivity contribution in [2.75, 3.05) is 7.11 Å². The summed E-state index contributed by atoms with van der Waals surface area (Å²) in [5.41, 5.74) is 2.37. The molecule has 0 aliphatic heterocycles. The van der Waals surface area contributed by atoms with Crippen LogP contribution in [0.1, 0.15) is 42.4 Å². The van der Waals surface area contributed by atoms with Crippen molar-refractivity contribution in [3.05, 3.63) is 53.6 Å². The van der Waals surface area contributed by atoms with Crippen LogP contribution in [0, 0.1) is 0 Å². The van der Waals surface area contributed by atoms with Crippen molar-refractivity contribution in [2.24, 2.45) is 0 Å². The van der Waals surface area contributed by atoms with Crippen LogP contribution in [0.15, 0.2) is 36.8 Å². The Morgan fingerprint density at radius 1 is 1.23 bits per heavy atom. The third-order valence-corrected chi connectivity index (χ3v) is 3.29. The van der Waals surface area contributed by atoms with Crippen LogP contribution in [-0.4, -0.2) is 23.0 Å². The third-order valence-electron chi connectivity index (χ3n) is 3.29. The summed E-state index contributed by atoms with van der Waals surface area (Å²) >= 11 is 0. The molecule has 1 heterocycles. The van der Waals surface area contributed by atoms with Gasteiger partial charge in [0.1, 0.15) is 12.1 Å². The fraction of sp³-hybridized carbons (Fsp3) is 0.353. The number of hydrogen-bond acceptors (Lipinski definition) is 4. The van der Waals surface area contributed by atoms with Gasteiger partial charge in [-0.25, -0.2) is 9.97 Å². The molecule has 5 heteroatoms. The molecular formula is C17H21N3O2. The molecule has 1 aromatic carbocycles. The van der Waals surface area contributed by atoms with Crippen molar-refractivity contribution in [3.63, 3.8) is 0 Å². The first kappa shape index (κ1) is 15.9. The van der Waals surface area contributed by atoms with Crippen molar-refractivity contribution < 1.29 is 9.53 Å². The number of benzene rings is 1. The van der Waals surface area contributed by atoms with Gasteiger partial charge >= 0.3 is 0 Å². The van der Waals surface area contributed by atoms with E-state index in [1.807, 2.05) is 0 Å². The van der Waals surface area contributed by atoms with E-state index in [1.54, 1.807) is 37.6 Å². The molecule has 0 saturated heterocycles. The second-order valence-corrected chi connectivity index (χ2v) is 6.06. The molecule has 0 saturated carbocycles. The maximum Gasteiger partial charge on any atom is 0.251 e. The predicted molar refractivity (Wildman–Crippen MR) is 84.9 cm³/mol. The summed E-state index contributed by atoms with van der Waals surface area (Å²) < 4.78 is 5.08. The largest absolute Gasteiger partial charge is 0.497 e. The van der Waals surface area contributed by atoms with Crippen molar-refractivity contribution in [1.82, 2.24) is 15.3 Å². The molecular weight excluding hydrogens is 278 g/mol. The topological polar surface area (TPSA) is 64.1 Å². The molecule has 1 N–H and O–H groups in total. The molecule has 0 bridgehead atoms. The zero-order valence-corrected chi connectivity index (χ0v) is 13.4. The number of rotatable bonds is 4. The van der Waals surface area contributed by atoms with E-state index in [-0.39, 0.29) is 11.3 Å². The fourth-order valence-corrected chi connectivity index (χ4v) is 2.18. The molecule has 22 heavy (non-hydrogen) atoms. The van der Waals surface area contributed by atoms with E-state index >= 15 is 0 Å². The molecule has 1 aromatic heterocycles. The molecule has 0 radical (unpaired) electrons. The van der Waals surface area contributed by atoms with Gasteiger partial charge in [-0.15, -0.1) is 0 Å². The first-order valence-corrected chi connectivity index (χ1v) is 7.13. The maximum absolute atomic E-state index is 12.2. The quantitative estimate of drug-likeness (QED) is 0.943. The number of hydrogen-bond donors (Lipinski definition) is 1. The first-order chi connectivity index (χ1) is 10.4. The smallest absolute Gasteiger partial charge is 0.251 e. The van der Waals surface area contributed by atoms with Crippen LogP contribution in [0.25, 0.3) is 0 Å². The van der Waals surface area contributed by atoms with E-state index in [2.05, 4.69) is 36.1 Å². The zero-order chi connectivity index (χ0) is 16.2. The van der Waals surface area contributed by atoms with Crippen molar-refractivity contribution in [2.45, 2.75) is 32.7 Å². The molecule has 0 spiro atoms. The average molecular weight is 299 g/mol. The molecule has 0 atom stereocenters. The third kappa shape index (κ3) is 3.81. The van der Waals surface area contributed by atoms with Gasteiger partial charge in [-0.2, -0.15) is 0 Å². The summed E-state index contributed by atoms with van der Waals surface area (Å²) in [5.74, 6) is 0.592. The normalized spacial score (nSPS) is 11.1. The highest BCUT2D eigenvalue weighted by molar-refractivity contribution is 5.94. The number of aromatic nitrogens is 2. The van der Waals surface area contributed by atoms with E-state index < -0.39 is 0 Å². The van der Waals surface area contributed by atoms with Crippen LogP contribution in [0.4, 0.5) is 0 Å². The summed E-state index contributed by atoms with van der Waals surface area (Å²) in [7, 11) is 1.60. The minimum atomic E-state index is -0.133. The highest BCUT2D eigenvalue weighted by Crippen LogP contribution is 2.22. The highest BCUT2D eigenvalue weighted by atomic mass is 16.5. The minimum Gasteiger partial charge on any atom is -0.497 e. The van der Waals surface area contributed by atoms with Crippen molar-refractivity contribution >= 4 is 5.91 Å². The molecule has 0 unspecified atom stereocenters. The van der Waals surface area contributed by atoms with Crippen LogP contribution in [0.3, 0.4) is 0 Å². The van der Waals surface area contributed by atoms with Gasteiger partial charge in [0.2, 0.25) is 0 Å². The summed E-state index contributed by atoms with van der Waals surface area (Å²) in [6.45, 7) is 6.66. The molecule has 0 fully saturated rings. The second-order valence-electron chi connectivity index (χ2n) is 6.06. The molecule has 0 aliphatic carbocycles. The SMILES string of the molecule is COc1ccc(C(=O)NCc2cncnc2C(C)(C)C)cc1. The average Bonchev–Trinajstić information content (AvgIpc) is 2.52. The Labute approximate surface area is 130 Å². The van der Waals surface area contributed by atoms with Gasteiger partial charge in [-0.3, -0.25) is 4.79 Å². The molecule has 116 valence electrons. The number of carbonyl (C=O) groups is 1. The van der Waals surface area contributed by atoms with E-state index in [1.165, 1.54) is 6.33 Å². The van der Waals surface area contributed by atoms with Gasteiger partial charge in [0.15, 0.2) is 0 Å². The lowest BCUT2D eigenvalue weighted by Gasteiger charge is -2.21. The van der Waals surface area contributed by atoms with E-state index in [0.717, 1.165) is 17.0 Å². The van der Waals surface area contributed by atoms with Gasteiger partial charge in [-0.05, 0) is 24.3 Å². The maximum atomic E-state index is 12.2. The first-order valence-electron chi connectivity index (χ1n) is 7.13. The summed E-state index contributed by atoms with van der Waals surface area (Å²) in [4.78, 5) is 20.6. The Morgan fingerprint density at radius 3 is 2.50 bits per heavy atom. The number of amides is 1. The Bertz CT molecular complexity index is 646. The van der Waals surface area contributed by atoms with Crippen LogP contribution < -0.4 is 10.1 Å². The van der Waals surface area contributed by atoms with Crippen LogP contribution >= 0.6 is 0 Å². The zero-order valence-electron chi connectivity index (χ0n) is 13.4. The molecule has 5 nitrogen and oxygen atoms in total. The highest BCUT2D eigenvalue weighted by Gasteiger charge is 2.20. The lowest BCUT2D eigenvalue weighted by atomic mass is 9.89. The van der Waals surface area contributed by atoms with Crippen LogP contribution in [-0.2, 0) is 12.0 Å².